The van der Waals surface area contributed by atoms with E-state index in [0.717, 1.165) is 12.0 Å². The van der Waals surface area contributed by atoms with Crippen LogP contribution in [0.1, 0.15) is 52.5 Å². The lowest BCUT2D eigenvalue weighted by Crippen LogP contribution is -2.48. The summed E-state index contributed by atoms with van der Waals surface area (Å²) in [6, 6.07) is 6.05. The Balaban J connectivity index is 2.15. The van der Waals surface area contributed by atoms with Crippen LogP contribution in [0.25, 0.3) is 0 Å². The highest BCUT2D eigenvalue weighted by molar-refractivity contribution is 5.83. The van der Waals surface area contributed by atoms with E-state index < -0.39 is 0 Å². The van der Waals surface area contributed by atoms with E-state index in [2.05, 4.69) is 24.5 Å². The van der Waals surface area contributed by atoms with Gasteiger partial charge in [0.2, 0.25) is 5.91 Å². The van der Waals surface area contributed by atoms with Crippen molar-refractivity contribution < 1.29 is 14.0 Å². The van der Waals surface area contributed by atoms with Crippen LogP contribution in [0, 0.1) is 17.7 Å². The molecule has 5 nitrogen and oxygen atoms in total. The van der Waals surface area contributed by atoms with E-state index in [1.165, 1.54) is 12.1 Å². The molecule has 0 radical (unpaired) electrons. The Kier molecular flexibility index (Phi) is 6.84. The minimum atomic E-state index is -0.347. The quantitative estimate of drug-likeness (QED) is 0.825. The number of halogens is 1. The maximum absolute atomic E-state index is 13.3. The first kappa shape index (κ1) is 21.2. The summed E-state index contributed by atoms with van der Waals surface area (Å²) in [5.41, 5.74) is 0.534. The average molecular weight is 378 g/mol. The predicted octanol–water partition coefficient (Wildman–Crippen LogP) is 3.51. The first-order valence-corrected chi connectivity index (χ1v) is 9.67. The van der Waals surface area contributed by atoms with Gasteiger partial charge in [0, 0.05) is 31.1 Å². The number of carbonyl (C=O) groups excluding carboxylic acids is 2. The second-order valence-corrected chi connectivity index (χ2v) is 8.82. The van der Waals surface area contributed by atoms with Gasteiger partial charge in [-0.05, 0) is 50.8 Å². The van der Waals surface area contributed by atoms with Crippen molar-refractivity contribution in [2.45, 2.75) is 52.5 Å². The number of likely N-dealkylation sites (tertiary alicyclic amines) is 1. The van der Waals surface area contributed by atoms with Crippen LogP contribution in [0.3, 0.4) is 0 Å². The molecule has 1 fully saturated rings. The molecule has 3 amide bonds. The molecule has 2 atom stereocenters. The standard InChI is InChI=1S/C21H32FN3O2/c1-14(2)10-11-23-19(26)18-13-25(20(27)24-21(3,4)5)12-17(18)15-6-8-16(22)9-7-15/h6-9,14,17-18H,10-13H2,1-5H3,(H,23,26)(H,24,27)/t17-,18+/m0/s1. The lowest BCUT2D eigenvalue weighted by atomic mass is 9.88. The Bertz CT molecular complexity index is 652. The molecule has 6 heteroatoms. The molecule has 0 unspecified atom stereocenters. The summed E-state index contributed by atoms with van der Waals surface area (Å²) in [5, 5.41) is 5.96. The third-order valence-corrected chi connectivity index (χ3v) is 4.74. The molecule has 0 aliphatic carbocycles. The number of rotatable bonds is 5. The number of nitrogens with one attached hydrogen (secondary N) is 2. The number of amides is 3. The van der Waals surface area contributed by atoms with Gasteiger partial charge in [-0.3, -0.25) is 4.79 Å². The lowest BCUT2D eigenvalue weighted by Gasteiger charge is -2.25. The summed E-state index contributed by atoms with van der Waals surface area (Å²) in [5.74, 6) is -0.326. The van der Waals surface area contributed by atoms with E-state index in [0.29, 0.717) is 25.6 Å². The normalized spacial score (nSPS) is 20.0. The van der Waals surface area contributed by atoms with Crippen LogP contribution in [0.4, 0.5) is 9.18 Å². The van der Waals surface area contributed by atoms with E-state index in [4.69, 9.17) is 0 Å². The molecular formula is C21H32FN3O2. The number of carbonyl (C=O) groups is 2. The van der Waals surface area contributed by atoms with Crippen molar-refractivity contribution in [3.05, 3.63) is 35.6 Å². The van der Waals surface area contributed by atoms with Gasteiger partial charge in [0.15, 0.2) is 0 Å². The monoisotopic (exact) mass is 377 g/mol. The Labute approximate surface area is 161 Å². The molecule has 1 aliphatic heterocycles. The molecule has 0 aromatic heterocycles. The van der Waals surface area contributed by atoms with Crippen molar-refractivity contribution in [3.8, 4) is 0 Å². The smallest absolute Gasteiger partial charge is 0.317 e. The lowest BCUT2D eigenvalue weighted by molar-refractivity contribution is -0.124. The second kappa shape index (κ2) is 8.72. The Morgan fingerprint density at radius 2 is 1.81 bits per heavy atom. The first-order chi connectivity index (χ1) is 12.6. The Hall–Kier alpha value is -2.11. The van der Waals surface area contributed by atoms with Crippen LogP contribution in [0.2, 0.25) is 0 Å². The molecule has 0 saturated carbocycles. The van der Waals surface area contributed by atoms with Gasteiger partial charge in [-0.25, -0.2) is 9.18 Å². The summed E-state index contributed by atoms with van der Waals surface area (Å²) in [7, 11) is 0. The summed E-state index contributed by atoms with van der Waals surface area (Å²) in [6.45, 7) is 11.4. The van der Waals surface area contributed by atoms with Crippen LogP contribution >= 0.6 is 0 Å². The maximum atomic E-state index is 13.3. The summed E-state index contributed by atoms with van der Waals surface area (Å²) in [6.07, 6.45) is 0.911. The topological polar surface area (TPSA) is 61.4 Å². The number of nitrogens with zero attached hydrogens (tertiary/aromatic N) is 1. The van der Waals surface area contributed by atoms with Crippen molar-refractivity contribution in [1.29, 1.82) is 0 Å². The first-order valence-electron chi connectivity index (χ1n) is 9.67. The van der Waals surface area contributed by atoms with Crippen molar-refractivity contribution in [2.24, 2.45) is 11.8 Å². The fraction of sp³-hybridized carbons (Fsp3) is 0.619. The van der Waals surface area contributed by atoms with Crippen molar-refractivity contribution in [2.75, 3.05) is 19.6 Å². The highest BCUT2D eigenvalue weighted by atomic mass is 19.1. The van der Waals surface area contributed by atoms with Gasteiger partial charge in [-0.15, -0.1) is 0 Å². The van der Waals surface area contributed by atoms with Gasteiger partial charge in [-0.2, -0.15) is 0 Å². The minimum Gasteiger partial charge on any atom is -0.356 e. The SMILES string of the molecule is CC(C)CCNC(=O)[C@@H]1CN(C(=O)NC(C)(C)C)C[C@H]1c1ccc(F)cc1. The highest BCUT2D eigenvalue weighted by Gasteiger charge is 2.40. The molecular weight excluding hydrogens is 345 g/mol. The average Bonchev–Trinajstić information content (AvgIpc) is 2.99. The fourth-order valence-electron chi connectivity index (χ4n) is 3.30. The van der Waals surface area contributed by atoms with Gasteiger partial charge in [0.05, 0.1) is 5.92 Å². The fourth-order valence-corrected chi connectivity index (χ4v) is 3.30. The van der Waals surface area contributed by atoms with Gasteiger partial charge in [-0.1, -0.05) is 26.0 Å². The molecule has 2 rings (SSSR count). The van der Waals surface area contributed by atoms with Gasteiger partial charge >= 0.3 is 6.03 Å². The van der Waals surface area contributed by atoms with Gasteiger partial charge in [0.25, 0.3) is 0 Å². The van der Waals surface area contributed by atoms with E-state index in [-0.39, 0.29) is 35.1 Å². The number of urea groups is 1. The van der Waals surface area contributed by atoms with Crippen LogP contribution in [-0.2, 0) is 4.79 Å². The zero-order valence-electron chi connectivity index (χ0n) is 17.0. The molecule has 1 aromatic carbocycles. The van der Waals surface area contributed by atoms with E-state index >= 15 is 0 Å². The Morgan fingerprint density at radius 1 is 1.19 bits per heavy atom. The molecule has 27 heavy (non-hydrogen) atoms. The van der Waals surface area contributed by atoms with E-state index in [9.17, 15) is 14.0 Å². The summed E-state index contributed by atoms with van der Waals surface area (Å²) in [4.78, 5) is 27.1. The van der Waals surface area contributed by atoms with Crippen molar-refractivity contribution in [3.63, 3.8) is 0 Å². The largest absolute Gasteiger partial charge is 0.356 e. The van der Waals surface area contributed by atoms with Crippen LogP contribution in [0.15, 0.2) is 24.3 Å². The number of hydrogen-bond acceptors (Lipinski definition) is 2. The van der Waals surface area contributed by atoms with Crippen LogP contribution in [0.5, 0.6) is 0 Å². The number of hydrogen-bond donors (Lipinski definition) is 2. The van der Waals surface area contributed by atoms with Crippen LogP contribution < -0.4 is 10.6 Å². The molecule has 150 valence electrons. The Morgan fingerprint density at radius 3 is 2.37 bits per heavy atom. The predicted molar refractivity (Wildman–Crippen MR) is 105 cm³/mol. The zero-order valence-corrected chi connectivity index (χ0v) is 17.0. The molecule has 1 aromatic rings. The molecule has 0 bridgehead atoms. The molecule has 1 saturated heterocycles. The molecule has 1 aliphatic rings. The molecule has 2 N–H and O–H groups in total. The van der Waals surface area contributed by atoms with Crippen molar-refractivity contribution >= 4 is 11.9 Å². The van der Waals surface area contributed by atoms with Gasteiger partial charge in [0.1, 0.15) is 5.82 Å². The second-order valence-electron chi connectivity index (χ2n) is 8.82. The van der Waals surface area contributed by atoms with Crippen LogP contribution in [-0.4, -0.2) is 42.0 Å². The van der Waals surface area contributed by atoms with E-state index in [1.807, 2.05) is 20.8 Å². The number of benzene rings is 1. The minimum absolute atomic E-state index is 0.0453. The van der Waals surface area contributed by atoms with Crippen molar-refractivity contribution in [1.82, 2.24) is 15.5 Å². The summed E-state index contributed by atoms with van der Waals surface area (Å²) < 4.78 is 13.3. The van der Waals surface area contributed by atoms with Gasteiger partial charge < -0.3 is 15.5 Å². The third kappa shape index (κ3) is 6.22. The maximum Gasteiger partial charge on any atom is 0.317 e. The third-order valence-electron chi connectivity index (χ3n) is 4.74. The highest BCUT2D eigenvalue weighted by Crippen LogP contribution is 2.33. The summed E-state index contributed by atoms with van der Waals surface area (Å²) >= 11 is 0. The van der Waals surface area contributed by atoms with E-state index in [1.54, 1.807) is 17.0 Å². The molecule has 1 heterocycles. The zero-order chi connectivity index (χ0) is 20.2. The molecule has 0 spiro atoms.